The van der Waals surface area contributed by atoms with Crippen LogP contribution >= 0.6 is 39.0 Å². The van der Waals surface area contributed by atoms with Crippen molar-refractivity contribution in [3.05, 3.63) is 50.6 Å². The SMILES string of the molecule is CCn1c(SCC(=O)Nc2sc3c(c2C(N)=O)CCC(C)C3)nnc1C(C)Oc1ccc(Br)cc1. The minimum Gasteiger partial charge on any atom is -0.483 e. The van der Waals surface area contributed by atoms with E-state index < -0.39 is 5.91 Å². The summed E-state index contributed by atoms with van der Waals surface area (Å²) in [6, 6.07) is 7.61. The second-order valence-electron chi connectivity index (χ2n) is 8.56. The van der Waals surface area contributed by atoms with Crippen LogP contribution in [0, 0.1) is 5.92 Å². The Labute approximate surface area is 221 Å². The monoisotopic (exact) mass is 577 g/mol. The van der Waals surface area contributed by atoms with E-state index in [4.69, 9.17) is 10.5 Å². The fourth-order valence-electron chi connectivity index (χ4n) is 4.17. The Morgan fingerprint density at radius 3 is 2.77 bits per heavy atom. The van der Waals surface area contributed by atoms with Gasteiger partial charge in [0.2, 0.25) is 5.91 Å². The van der Waals surface area contributed by atoms with Crippen LogP contribution in [0.4, 0.5) is 5.00 Å². The fourth-order valence-corrected chi connectivity index (χ4v) is 6.67. The van der Waals surface area contributed by atoms with E-state index >= 15 is 0 Å². The lowest BCUT2D eigenvalue weighted by atomic mass is 9.88. The molecule has 1 aliphatic rings. The summed E-state index contributed by atoms with van der Waals surface area (Å²) in [5, 5.41) is 12.7. The average Bonchev–Trinajstić information content (AvgIpc) is 3.39. The van der Waals surface area contributed by atoms with Gasteiger partial charge in [-0.15, -0.1) is 21.5 Å². The van der Waals surface area contributed by atoms with E-state index in [1.165, 1.54) is 23.1 Å². The van der Waals surface area contributed by atoms with E-state index in [0.717, 1.165) is 39.9 Å². The molecule has 0 aliphatic heterocycles. The third-order valence-electron chi connectivity index (χ3n) is 5.90. The maximum atomic E-state index is 12.8. The van der Waals surface area contributed by atoms with Crippen molar-refractivity contribution < 1.29 is 14.3 Å². The first-order valence-electron chi connectivity index (χ1n) is 11.5. The molecule has 0 bridgehead atoms. The van der Waals surface area contributed by atoms with Gasteiger partial charge in [-0.2, -0.15) is 0 Å². The summed E-state index contributed by atoms with van der Waals surface area (Å²) in [6.07, 6.45) is 2.43. The first kappa shape index (κ1) is 25.7. The number of hydrogen-bond donors (Lipinski definition) is 2. The van der Waals surface area contributed by atoms with Crippen LogP contribution in [0.25, 0.3) is 0 Å². The molecule has 2 heterocycles. The van der Waals surface area contributed by atoms with Gasteiger partial charge >= 0.3 is 0 Å². The van der Waals surface area contributed by atoms with Gasteiger partial charge in [-0.05, 0) is 68.9 Å². The zero-order valence-electron chi connectivity index (χ0n) is 19.8. The van der Waals surface area contributed by atoms with Crippen LogP contribution in [0.15, 0.2) is 33.9 Å². The Kier molecular flexibility index (Phi) is 8.18. The van der Waals surface area contributed by atoms with E-state index in [0.29, 0.717) is 34.0 Å². The van der Waals surface area contributed by atoms with E-state index in [2.05, 4.69) is 38.4 Å². The number of primary amides is 1. The number of thiophene rings is 1. The minimum absolute atomic E-state index is 0.136. The molecule has 0 saturated carbocycles. The molecule has 2 aromatic heterocycles. The molecular weight excluding hydrogens is 550 g/mol. The van der Waals surface area contributed by atoms with Gasteiger partial charge in [-0.25, -0.2) is 0 Å². The van der Waals surface area contributed by atoms with Crippen LogP contribution in [0.1, 0.15) is 59.9 Å². The number of nitrogens with two attached hydrogens (primary N) is 1. The van der Waals surface area contributed by atoms with Crippen molar-refractivity contribution in [1.29, 1.82) is 0 Å². The number of rotatable bonds is 9. The number of fused-ring (bicyclic) bond motifs is 1. The molecule has 0 spiro atoms. The number of anilines is 1. The van der Waals surface area contributed by atoms with Crippen LogP contribution in [-0.2, 0) is 24.2 Å². The number of hydrogen-bond acceptors (Lipinski definition) is 7. The van der Waals surface area contributed by atoms with Crippen molar-refractivity contribution in [2.75, 3.05) is 11.1 Å². The zero-order valence-corrected chi connectivity index (χ0v) is 23.1. The van der Waals surface area contributed by atoms with Gasteiger partial charge in [0, 0.05) is 15.9 Å². The number of amides is 2. The number of halogens is 1. The molecule has 1 aromatic carbocycles. The summed E-state index contributed by atoms with van der Waals surface area (Å²) < 4.78 is 8.95. The van der Waals surface area contributed by atoms with Crippen LogP contribution in [0.3, 0.4) is 0 Å². The first-order valence-corrected chi connectivity index (χ1v) is 14.1. The topological polar surface area (TPSA) is 112 Å². The molecule has 4 rings (SSSR count). The van der Waals surface area contributed by atoms with Crippen molar-refractivity contribution in [3.63, 3.8) is 0 Å². The lowest BCUT2D eigenvalue weighted by Crippen LogP contribution is -2.20. The highest BCUT2D eigenvalue weighted by Crippen LogP contribution is 2.39. The van der Waals surface area contributed by atoms with Gasteiger partial charge in [-0.3, -0.25) is 9.59 Å². The molecule has 2 amide bonds. The lowest BCUT2D eigenvalue weighted by Gasteiger charge is -2.18. The molecule has 1 aliphatic carbocycles. The summed E-state index contributed by atoms with van der Waals surface area (Å²) in [7, 11) is 0. The van der Waals surface area contributed by atoms with E-state index in [9.17, 15) is 9.59 Å². The minimum atomic E-state index is -0.491. The Morgan fingerprint density at radius 1 is 1.34 bits per heavy atom. The van der Waals surface area contributed by atoms with Crippen LogP contribution in [0.5, 0.6) is 5.75 Å². The second-order valence-corrected chi connectivity index (χ2v) is 11.5. The van der Waals surface area contributed by atoms with E-state index in [-0.39, 0.29) is 17.8 Å². The van der Waals surface area contributed by atoms with Gasteiger partial charge < -0.3 is 20.4 Å². The summed E-state index contributed by atoms with van der Waals surface area (Å²) in [6.45, 7) is 6.76. The molecule has 3 N–H and O–H groups in total. The fraction of sp³-hybridized carbons (Fsp3) is 0.417. The predicted molar refractivity (Wildman–Crippen MR) is 142 cm³/mol. The highest BCUT2D eigenvalue weighted by Gasteiger charge is 2.27. The largest absolute Gasteiger partial charge is 0.483 e. The van der Waals surface area contributed by atoms with Gasteiger partial charge in [-0.1, -0.05) is 34.6 Å². The lowest BCUT2D eigenvalue weighted by molar-refractivity contribution is -0.113. The van der Waals surface area contributed by atoms with E-state index in [1.54, 1.807) is 0 Å². The molecule has 11 heteroatoms. The molecule has 35 heavy (non-hydrogen) atoms. The van der Waals surface area contributed by atoms with Gasteiger partial charge in [0.05, 0.1) is 11.3 Å². The van der Waals surface area contributed by atoms with Crippen molar-refractivity contribution in [2.24, 2.45) is 11.7 Å². The van der Waals surface area contributed by atoms with Crippen molar-refractivity contribution in [2.45, 2.75) is 57.8 Å². The highest BCUT2D eigenvalue weighted by atomic mass is 79.9. The number of ether oxygens (including phenoxy) is 1. The molecule has 3 aromatic rings. The third kappa shape index (κ3) is 5.90. The quantitative estimate of drug-likeness (QED) is 0.337. The van der Waals surface area contributed by atoms with E-state index in [1.807, 2.05) is 42.7 Å². The number of nitrogens with one attached hydrogen (secondary N) is 1. The second kappa shape index (κ2) is 11.1. The molecule has 8 nitrogen and oxygen atoms in total. The molecule has 2 unspecified atom stereocenters. The number of aromatic nitrogens is 3. The maximum absolute atomic E-state index is 12.8. The summed E-state index contributed by atoms with van der Waals surface area (Å²) in [4.78, 5) is 26.1. The van der Waals surface area contributed by atoms with Crippen LogP contribution < -0.4 is 15.8 Å². The third-order valence-corrected chi connectivity index (χ3v) is 8.56. The number of carbonyl (C=O) groups excluding carboxylic acids is 2. The summed E-state index contributed by atoms with van der Waals surface area (Å²) >= 11 is 6.19. The Hall–Kier alpha value is -2.37. The summed E-state index contributed by atoms with van der Waals surface area (Å²) in [5.41, 5.74) is 7.13. The first-order chi connectivity index (χ1) is 16.8. The molecule has 186 valence electrons. The number of nitrogens with zero attached hydrogens (tertiary/aromatic N) is 3. The normalized spacial score (nSPS) is 15.9. The summed E-state index contributed by atoms with van der Waals surface area (Å²) in [5.74, 6) is 1.42. The van der Waals surface area contributed by atoms with Crippen molar-refractivity contribution in [1.82, 2.24) is 14.8 Å². The Balaban J connectivity index is 1.42. The standard InChI is InChI=1S/C24H28BrN5O3S2/c1-4-30-22(14(3)33-16-8-6-15(25)7-9-16)28-29-24(30)34-12-19(31)27-23-20(21(26)32)17-10-5-13(2)11-18(17)35-23/h6-9,13-14H,4-5,10-12H2,1-3H3,(H2,26,32)(H,27,31). The number of thioether (sulfide) groups is 1. The smallest absolute Gasteiger partial charge is 0.251 e. The maximum Gasteiger partial charge on any atom is 0.251 e. The van der Waals surface area contributed by atoms with Crippen LogP contribution in [-0.4, -0.2) is 32.3 Å². The molecule has 0 saturated heterocycles. The Bertz CT molecular complexity index is 1220. The highest BCUT2D eigenvalue weighted by molar-refractivity contribution is 9.10. The molecule has 0 fully saturated rings. The predicted octanol–water partition coefficient (Wildman–Crippen LogP) is 5.22. The van der Waals surface area contributed by atoms with Gasteiger partial charge in [0.1, 0.15) is 10.8 Å². The Morgan fingerprint density at radius 2 is 2.09 bits per heavy atom. The molecule has 2 atom stereocenters. The molecule has 0 radical (unpaired) electrons. The average molecular weight is 579 g/mol. The van der Waals surface area contributed by atoms with Crippen molar-refractivity contribution in [3.8, 4) is 5.75 Å². The zero-order chi connectivity index (χ0) is 25.1. The van der Waals surface area contributed by atoms with Crippen LogP contribution in [0.2, 0.25) is 0 Å². The number of benzene rings is 1. The number of carbonyl (C=O) groups is 2. The van der Waals surface area contributed by atoms with Gasteiger partial charge in [0.15, 0.2) is 17.1 Å². The van der Waals surface area contributed by atoms with Gasteiger partial charge in [0.25, 0.3) is 5.91 Å². The van der Waals surface area contributed by atoms with Crippen molar-refractivity contribution >= 4 is 55.8 Å². The molecular formula is C24H28BrN5O3S2.